The molecule has 1 aliphatic rings. The predicted octanol–water partition coefficient (Wildman–Crippen LogP) is 3.91. The molecule has 0 fully saturated rings. The molecule has 0 aromatic heterocycles. The summed E-state index contributed by atoms with van der Waals surface area (Å²) in [6.45, 7) is -0.380. The first-order chi connectivity index (χ1) is 14.0. The summed E-state index contributed by atoms with van der Waals surface area (Å²) in [6, 6.07) is 21.9. The van der Waals surface area contributed by atoms with Crippen LogP contribution in [0.25, 0.3) is 10.8 Å². The summed E-state index contributed by atoms with van der Waals surface area (Å²) in [7, 11) is -2.39. The lowest BCUT2D eigenvalue weighted by molar-refractivity contribution is -0.139. The van der Waals surface area contributed by atoms with Crippen LogP contribution in [-0.2, 0) is 28.1 Å². The van der Waals surface area contributed by atoms with E-state index in [4.69, 9.17) is 9.84 Å². The van der Waals surface area contributed by atoms with Gasteiger partial charge in [-0.15, -0.1) is 0 Å². The largest absolute Gasteiger partial charge is 0.482 e. The van der Waals surface area contributed by atoms with Gasteiger partial charge in [0, 0.05) is 0 Å². The third-order valence-corrected chi connectivity index (χ3v) is 5.13. The number of benzene rings is 3. The Morgan fingerprint density at radius 2 is 1.62 bits per heavy atom. The van der Waals surface area contributed by atoms with Gasteiger partial charge in [0.25, 0.3) is 0 Å². The Morgan fingerprint density at radius 3 is 2.17 bits per heavy atom. The van der Waals surface area contributed by atoms with E-state index in [0.29, 0.717) is 25.0 Å². The zero-order valence-corrected chi connectivity index (χ0v) is 16.5. The fourth-order valence-electron chi connectivity index (χ4n) is 3.37. The maximum atomic E-state index is 10.6. The van der Waals surface area contributed by atoms with Crippen LogP contribution in [0.15, 0.2) is 71.1 Å². The van der Waals surface area contributed by atoms with Gasteiger partial charge in [-0.2, -0.15) is 12.8 Å². The fourth-order valence-corrected chi connectivity index (χ4v) is 3.80. The third-order valence-electron chi connectivity index (χ3n) is 4.66. The summed E-state index contributed by atoms with van der Waals surface area (Å²) in [5, 5.41) is 11.2. The number of ether oxygens (including phenoxy) is 1. The molecule has 6 nitrogen and oxygen atoms in total. The summed E-state index contributed by atoms with van der Waals surface area (Å²) in [6.07, 6.45) is 1.79. The average molecular weight is 411 g/mol. The molecule has 0 radical (unpaired) electrons. The van der Waals surface area contributed by atoms with Crippen molar-refractivity contribution in [3.63, 3.8) is 0 Å². The van der Waals surface area contributed by atoms with Crippen LogP contribution in [0.4, 0.5) is 0 Å². The molecule has 0 aliphatic heterocycles. The van der Waals surface area contributed by atoms with Crippen LogP contribution in [-0.4, -0.2) is 32.1 Å². The molecular formula is C22H21NO5S. The van der Waals surface area contributed by atoms with E-state index in [2.05, 4.69) is 52.9 Å². The minimum atomic E-state index is -2.39. The second-order valence-corrected chi connectivity index (χ2v) is 7.29. The molecule has 7 heteroatoms. The van der Waals surface area contributed by atoms with Crippen molar-refractivity contribution in [3.8, 4) is 5.75 Å². The molecule has 150 valence electrons. The minimum absolute atomic E-state index is 0.236. The molecule has 0 saturated carbocycles. The van der Waals surface area contributed by atoms with Crippen molar-refractivity contribution >= 4 is 27.2 Å². The topological polar surface area (TPSA) is 93.0 Å². The normalized spacial score (nSPS) is 14.8. The molecule has 1 unspecified atom stereocenters. The second-order valence-electron chi connectivity index (χ2n) is 6.64. The Hall–Kier alpha value is -3.19. The quantitative estimate of drug-likeness (QED) is 0.703. The predicted molar refractivity (Wildman–Crippen MR) is 111 cm³/mol. The number of aliphatic carboxylic acids is 1. The van der Waals surface area contributed by atoms with Gasteiger partial charge in [0.15, 0.2) is 6.61 Å². The van der Waals surface area contributed by atoms with Gasteiger partial charge in [0.1, 0.15) is 5.75 Å². The van der Waals surface area contributed by atoms with Crippen molar-refractivity contribution in [3.05, 3.63) is 77.9 Å². The van der Waals surface area contributed by atoms with Crippen LogP contribution in [0.3, 0.4) is 0 Å². The summed E-state index contributed by atoms with van der Waals surface area (Å²) < 4.78 is 30.0. The van der Waals surface area contributed by atoms with E-state index in [1.807, 2.05) is 6.07 Å². The summed E-state index contributed by atoms with van der Waals surface area (Å²) >= 11 is 0. The number of carboxylic acid groups (broad SMARTS) is 1. The number of carboxylic acids is 1. The SMILES string of the molecule is O=C(O)COc1cccc2c1CCC(N=S(=O)=O)C2.c1ccc2ccccc2c1. The number of hydrogen-bond donors (Lipinski definition) is 1. The smallest absolute Gasteiger partial charge is 0.341 e. The van der Waals surface area contributed by atoms with Gasteiger partial charge in [-0.1, -0.05) is 60.7 Å². The van der Waals surface area contributed by atoms with Crippen LogP contribution < -0.4 is 4.74 Å². The first-order valence-electron chi connectivity index (χ1n) is 9.22. The van der Waals surface area contributed by atoms with Crippen molar-refractivity contribution < 1.29 is 23.1 Å². The molecule has 1 aliphatic carbocycles. The summed E-state index contributed by atoms with van der Waals surface area (Å²) in [5.41, 5.74) is 1.92. The molecule has 0 heterocycles. The van der Waals surface area contributed by atoms with Crippen molar-refractivity contribution in [2.75, 3.05) is 6.61 Å². The molecule has 0 bridgehead atoms. The molecule has 3 aromatic carbocycles. The maximum Gasteiger partial charge on any atom is 0.341 e. The highest BCUT2D eigenvalue weighted by Crippen LogP contribution is 2.30. The molecule has 1 N–H and O–H groups in total. The van der Waals surface area contributed by atoms with Crippen molar-refractivity contribution in [1.29, 1.82) is 0 Å². The van der Waals surface area contributed by atoms with Crippen LogP contribution in [0.2, 0.25) is 0 Å². The number of fused-ring (bicyclic) bond motifs is 2. The van der Waals surface area contributed by atoms with Gasteiger partial charge in [0.2, 0.25) is 0 Å². The van der Waals surface area contributed by atoms with Gasteiger partial charge >= 0.3 is 16.5 Å². The second kappa shape index (κ2) is 9.84. The van der Waals surface area contributed by atoms with Gasteiger partial charge in [-0.05, 0) is 47.2 Å². The molecule has 0 amide bonds. The number of carbonyl (C=O) groups is 1. The monoisotopic (exact) mass is 411 g/mol. The van der Waals surface area contributed by atoms with Crippen LogP contribution >= 0.6 is 0 Å². The number of rotatable bonds is 4. The molecular weight excluding hydrogens is 390 g/mol. The van der Waals surface area contributed by atoms with Gasteiger partial charge < -0.3 is 9.84 Å². The van der Waals surface area contributed by atoms with E-state index >= 15 is 0 Å². The number of nitrogens with zero attached hydrogens (tertiary/aromatic N) is 1. The first-order valence-corrected chi connectivity index (χ1v) is 10.3. The molecule has 1 atom stereocenters. The van der Waals surface area contributed by atoms with Crippen molar-refractivity contribution in [2.24, 2.45) is 4.36 Å². The Kier molecular flexibility index (Phi) is 6.97. The lowest BCUT2D eigenvalue weighted by atomic mass is 9.88. The standard InChI is InChI=1S/C12H13NO5S.C10H8/c14-12(15)7-18-11-3-1-2-8-6-9(13-19(16)17)4-5-10(8)11;1-2-6-10-8-4-3-7-9(10)5-1/h1-3,9H,4-7H2,(H,14,15);1-8H. The van der Waals surface area contributed by atoms with Crippen molar-refractivity contribution in [2.45, 2.75) is 25.3 Å². The Balaban J connectivity index is 0.000000200. The highest BCUT2D eigenvalue weighted by atomic mass is 32.2. The van der Waals surface area contributed by atoms with Gasteiger partial charge in [0.05, 0.1) is 6.04 Å². The zero-order chi connectivity index (χ0) is 20.6. The van der Waals surface area contributed by atoms with Gasteiger partial charge in [-0.3, -0.25) is 0 Å². The first kappa shape index (κ1) is 20.5. The van der Waals surface area contributed by atoms with E-state index in [1.165, 1.54) is 10.8 Å². The Morgan fingerprint density at radius 1 is 1.00 bits per heavy atom. The van der Waals surface area contributed by atoms with Crippen molar-refractivity contribution in [1.82, 2.24) is 0 Å². The number of hydrogen-bond acceptors (Lipinski definition) is 5. The lowest BCUT2D eigenvalue weighted by Crippen LogP contribution is -2.19. The van der Waals surface area contributed by atoms with E-state index < -0.39 is 16.5 Å². The van der Waals surface area contributed by atoms with E-state index in [0.717, 1.165) is 11.1 Å². The molecule has 4 rings (SSSR count). The van der Waals surface area contributed by atoms with E-state index in [9.17, 15) is 13.2 Å². The summed E-state index contributed by atoms with van der Waals surface area (Å²) in [5.74, 6) is -0.468. The molecule has 0 spiro atoms. The highest BCUT2D eigenvalue weighted by molar-refractivity contribution is 7.61. The summed E-state index contributed by atoms with van der Waals surface area (Å²) in [4.78, 5) is 10.5. The van der Waals surface area contributed by atoms with Crippen LogP contribution in [0, 0.1) is 0 Å². The van der Waals surface area contributed by atoms with Crippen LogP contribution in [0.5, 0.6) is 5.75 Å². The van der Waals surface area contributed by atoms with Crippen LogP contribution in [0.1, 0.15) is 17.5 Å². The average Bonchev–Trinajstić information content (AvgIpc) is 2.72. The lowest BCUT2D eigenvalue weighted by Gasteiger charge is -2.22. The zero-order valence-electron chi connectivity index (χ0n) is 15.7. The molecule has 0 saturated heterocycles. The third kappa shape index (κ3) is 5.89. The maximum absolute atomic E-state index is 10.6. The van der Waals surface area contributed by atoms with Gasteiger partial charge in [-0.25, -0.2) is 4.79 Å². The fraction of sp³-hybridized carbons (Fsp3) is 0.227. The highest BCUT2D eigenvalue weighted by Gasteiger charge is 2.21. The Bertz CT molecular complexity index is 1070. The van der Waals surface area contributed by atoms with E-state index in [1.54, 1.807) is 12.1 Å². The minimum Gasteiger partial charge on any atom is -0.482 e. The van der Waals surface area contributed by atoms with E-state index in [-0.39, 0.29) is 12.6 Å². The Labute approximate surface area is 170 Å². The molecule has 29 heavy (non-hydrogen) atoms. The molecule has 3 aromatic rings.